The Morgan fingerprint density at radius 2 is 1.74 bits per heavy atom. The van der Waals surface area contributed by atoms with E-state index >= 15 is 0 Å². The van der Waals surface area contributed by atoms with Crippen molar-refractivity contribution in [2.75, 3.05) is 6.54 Å². The molecule has 0 saturated carbocycles. The molecular weight excluding hydrogens is 281 g/mol. The van der Waals surface area contributed by atoms with Crippen molar-refractivity contribution in [2.24, 2.45) is 0 Å². The second-order valence-corrected chi connectivity index (χ2v) is 5.20. The molecule has 0 aliphatic rings. The van der Waals surface area contributed by atoms with Gasteiger partial charge in [0.25, 0.3) is 0 Å². The zero-order valence-electron chi connectivity index (χ0n) is 10.3. The number of aliphatic hydroxyl groups excluding tert-OH is 1. The fraction of sp³-hybridized carbons (Fsp3) is 0.200. The van der Waals surface area contributed by atoms with E-state index in [4.69, 9.17) is 23.2 Å². The molecule has 0 aliphatic carbocycles. The zero-order chi connectivity index (χ0) is 13.7. The molecule has 2 aromatic carbocycles. The lowest BCUT2D eigenvalue weighted by atomic mass is 10.1. The Morgan fingerprint density at radius 3 is 2.42 bits per heavy atom. The van der Waals surface area contributed by atoms with Crippen molar-refractivity contribution in [3.63, 3.8) is 0 Å². The average Bonchev–Trinajstić information content (AvgIpc) is 2.39. The van der Waals surface area contributed by atoms with Crippen molar-refractivity contribution in [1.29, 1.82) is 0 Å². The van der Waals surface area contributed by atoms with E-state index < -0.39 is 6.10 Å². The third kappa shape index (κ3) is 4.51. The van der Waals surface area contributed by atoms with Crippen LogP contribution in [0.4, 0.5) is 0 Å². The summed E-state index contributed by atoms with van der Waals surface area (Å²) in [4.78, 5) is 0. The number of aliphatic hydroxyl groups is 1. The maximum atomic E-state index is 10.0. The quantitative estimate of drug-likeness (QED) is 0.879. The van der Waals surface area contributed by atoms with Crippen LogP contribution in [0.25, 0.3) is 0 Å². The van der Waals surface area contributed by atoms with Crippen LogP contribution in [-0.4, -0.2) is 11.7 Å². The standard InChI is InChI=1S/C15H15Cl2NO/c16-13-6-4-12(5-7-13)15(19)10-18-9-11-2-1-3-14(17)8-11/h1-8,15,18-19H,9-10H2. The van der Waals surface area contributed by atoms with Crippen molar-refractivity contribution in [2.45, 2.75) is 12.6 Å². The molecule has 0 bridgehead atoms. The summed E-state index contributed by atoms with van der Waals surface area (Å²) in [6.45, 7) is 1.15. The lowest BCUT2D eigenvalue weighted by Gasteiger charge is -2.12. The number of benzene rings is 2. The van der Waals surface area contributed by atoms with E-state index in [1.165, 1.54) is 0 Å². The van der Waals surface area contributed by atoms with Gasteiger partial charge in [-0.05, 0) is 35.4 Å². The highest BCUT2D eigenvalue weighted by Gasteiger charge is 2.06. The number of rotatable bonds is 5. The van der Waals surface area contributed by atoms with Gasteiger partial charge in [0, 0.05) is 23.1 Å². The Labute approximate surface area is 123 Å². The maximum absolute atomic E-state index is 10.0. The molecule has 4 heteroatoms. The summed E-state index contributed by atoms with van der Waals surface area (Å²) in [5.41, 5.74) is 1.94. The van der Waals surface area contributed by atoms with Crippen LogP contribution >= 0.6 is 23.2 Å². The summed E-state index contributed by atoms with van der Waals surface area (Å²) in [7, 11) is 0. The summed E-state index contributed by atoms with van der Waals surface area (Å²) in [6.07, 6.45) is -0.545. The Kier molecular flexibility index (Phi) is 5.23. The van der Waals surface area contributed by atoms with Gasteiger partial charge in [-0.2, -0.15) is 0 Å². The van der Waals surface area contributed by atoms with Gasteiger partial charge in [0.15, 0.2) is 0 Å². The SMILES string of the molecule is OC(CNCc1cccc(Cl)c1)c1ccc(Cl)cc1. The first-order valence-corrected chi connectivity index (χ1v) is 6.79. The molecule has 19 heavy (non-hydrogen) atoms. The largest absolute Gasteiger partial charge is 0.387 e. The van der Waals surface area contributed by atoms with Crippen LogP contribution in [0.15, 0.2) is 48.5 Å². The van der Waals surface area contributed by atoms with Crippen LogP contribution in [0.3, 0.4) is 0 Å². The Morgan fingerprint density at radius 1 is 1.00 bits per heavy atom. The highest BCUT2D eigenvalue weighted by Crippen LogP contribution is 2.16. The monoisotopic (exact) mass is 295 g/mol. The average molecular weight is 296 g/mol. The number of hydrogen-bond donors (Lipinski definition) is 2. The van der Waals surface area contributed by atoms with E-state index in [1.54, 1.807) is 12.1 Å². The van der Waals surface area contributed by atoms with E-state index in [0.29, 0.717) is 18.1 Å². The molecule has 0 amide bonds. The van der Waals surface area contributed by atoms with Crippen molar-refractivity contribution in [1.82, 2.24) is 5.32 Å². The predicted molar refractivity (Wildman–Crippen MR) is 79.6 cm³/mol. The molecule has 2 rings (SSSR count). The normalized spacial score (nSPS) is 12.4. The van der Waals surface area contributed by atoms with Gasteiger partial charge < -0.3 is 10.4 Å². The zero-order valence-corrected chi connectivity index (χ0v) is 11.8. The van der Waals surface area contributed by atoms with Gasteiger partial charge in [-0.1, -0.05) is 47.5 Å². The summed E-state index contributed by atoms with van der Waals surface area (Å²) in [6, 6.07) is 14.9. The van der Waals surface area contributed by atoms with E-state index in [0.717, 1.165) is 16.1 Å². The molecule has 0 fully saturated rings. The van der Waals surface area contributed by atoms with Gasteiger partial charge in [-0.25, -0.2) is 0 Å². The molecule has 100 valence electrons. The van der Waals surface area contributed by atoms with E-state index in [2.05, 4.69) is 5.32 Å². The van der Waals surface area contributed by atoms with Crippen molar-refractivity contribution < 1.29 is 5.11 Å². The minimum absolute atomic E-state index is 0.480. The van der Waals surface area contributed by atoms with Gasteiger partial charge in [0.05, 0.1) is 6.10 Å². The Balaban J connectivity index is 1.84. The molecule has 1 atom stereocenters. The molecule has 0 spiro atoms. The van der Waals surface area contributed by atoms with Crippen LogP contribution in [-0.2, 0) is 6.54 Å². The minimum atomic E-state index is -0.545. The first kappa shape index (κ1) is 14.4. The molecule has 0 radical (unpaired) electrons. The van der Waals surface area contributed by atoms with Crippen LogP contribution < -0.4 is 5.32 Å². The molecule has 2 aromatic rings. The molecule has 1 unspecified atom stereocenters. The van der Waals surface area contributed by atoms with E-state index in [1.807, 2.05) is 36.4 Å². The van der Waals surface area contributed by atoms with Gasteiger partial charge in [-0.15, -0.1) is 0 Å². The summed E-state index contributed by atoms with van der Waals surface area (Å²) in [5.74, 6) is 0. The molecule has 0 heterocycles. The van der Waals surface area contributed by atoms with Gasteiger partial charge in [-0.3, -0.25) is 0 Å². The highest BCUT2D eigenvalue weighted by atomic mass is 35.5. The van der Waals surface area contributed by atoms with E-state index in [-0.39, 0.29) is 0 Å². The van der Waals surface area contributed by atoms with Crippen LogP contribution in [0.5, 0.6) is 0 Å². The van der Waals surface area contributed by atoms with Crippen LogP contribution in [0, 0.1) is 0 Å². The second-order valence-electron chi connectivity index (χ2n) is 4.33. The van der Waals surface area contributed by atoms with Gasteiger partial charge in [0.1, 0.15) is 0 Å². The lowest BCUT2D eigenvalue weighted by Crippen LogP contribution is -2.21. The summed E-state index contributed by atoms with van der Waals surface area (Å²) >= 11 is 11.7. The van der Waals surface area contributed by atoms with Crippen LogP contribution in [0.2, 0.25) is 10.0 Å². The van der Waals surface area contributed by atoms with Gasteiger partial charge in [0.2, 0.25) is 0 Å². The third-order valence-electron chi connectivity index (χ3n) is 2.81. The molecule has 0 aliphatic heterocycles. The third-order valence-corrected chi connectivity index (χ3v) is 3.30. The molecule has 2 N–H and O–H groups in total. The second kappa shape index (κ2) is 6.92. The number of hydrogen-bond acceptors (Lipinski definition) is 2. The lowest BCUT2D eigenvalue weighted by molar-refractivity contribution is 0.174. The van der Waals surface area contributed by atoms with Gasteiger partial charge >= 0.3 is 0 Å². The predicted octanol–water partition coefficient (Wildman–Crippen LogP) is 3.82. The molecule has 2 nitrogen and oxygen atoms in total. The van der Waals surface area contributed by atoms with Crippen molar-refractivity contribution in [3.8, 4) is 0 Å². The molecule has 0 saturated heterocycles. The fourth-order valence-corrected chi connectivity index (χ4v) is 2.14. The number of nitrogens with one attached hydrogen (secondary N) is 1. The summed E-state index contributed by atoms with van der Waals surface area (Å²) < 4.78 is 0. The Hall–Kier alpha value is -1.06. The first-order chi connectivity index (χ1) is 9.15. The first-order valence-electron chi connectivity index (χ1n) is 6.04. The maximum Gasteiger partial charge on any atom is 0.0914 e. The van der Waals surface area contributed by atoms with Crippen molar-refractivity contribution in [3.05, 3.63) is 69.7 Å². The fourth-order valence-electron chi connectivity index (χ4n) is 1.80. The minimum Gasteiger partial charge on any atom is -0.387 e. The summed E-state index contributed by atoms with van der Waals surface area (Å²) in [5, 5.41) is 14.6. The van der Waals surface area contributed by atoms with Crippen LogP contribution in [0.1, 0.15) is 17.2 Å². The topological polar surface area (TPSA) is 32.3 Å². The number of halogens is 2. The van der Waals surface area contributed by atoms with E-state index in [9.17, 15) is 5.11 Å². The Bertz CT molecular complexity index is 528. The molecule has 0 aromatic heterocycles. The van der Waals surface area contributed by atoms with Crippen molar-refractivity contribution >= 4 is 23.2 Å². The smallest absolute Gasteiger partial charge is 0.0914 e. The molecular formula is C15H15Cl2NO. The highest BCUT2D eigenvalue weighted by molar-refractivity contribution is 6.30.